The van der Waals surface area contributed by atoms with Crippen molar-refractivity contribution >= 4 is 17.4 Å². The zero-order valence-corrected chi connectivity index (χ0v) is 19.0. The molecular weight excluding hydrogens is 416 g/mol. The summed E-state index contributed by atoms with van der Waals surface area (Å²) < 4.78 is 11.5. The molecule has 4 rings (SSSR count). The van der Waals surface area contributed by atoms with Crippen molar-refractivity contribution in [3.63, 3.8) is 0 Å². The first-order chi connectivity index (χ1) is 16.1. The highest BCUT2D eigenvalue weighted by Gasteiger charge is 2.27. The number of Topliss-reactive ketones (excluding diaryl/α,β-unsaturated/α-hetero) is 1. The molecule has 3 aromatic rings. The highest BCUT2D eigenvalue weighted by atomic mass is 16.5. The van der Waals surface area contributed by atoms with Crippen LogP contribution in [0.2, 0.25) is 0 Å². The lowest BCUT2D eigenvalue weighted by molar-refractivity contribution is 0.0738. The van der Waals surface area contributed by atoms with Crippen LogP contribution in [0.3, 0.4) is 0 Å². The van der Waals surface area contributed by atoms with Crippen LogP contribution in [-0.2, 0) is 6.61 Å². The van der Waals surface area contributed by atoms with Gasteiger partial charge in [0, 0.05) is 37.4 Å². The number of rotatable bonds is 7. The molecule has 0 saturated carbocycles. The molecule has 1 saturated heterocycles. The summed E-state index contributed by atoms with van der Waals surface area (Å²) in [6, 6.07) is 22.9. The minimum atomic E-state index is -0.0953. The van der Waals surface area contributed by atoms with Gasteiger partial charge in [-0.25, -0.2) is 0 Å². The first-order valence-electron chi connectivity index (χ1n) is 11.1. The Morgan fingerprint density at radius 3 is 2.12 bits per heavy atom. The summed E-state index contributed by atoms with van der Waals surface area (Å²) in [5, 5.41) is 0. The van der Waals surface area contributed by atoms with Gasteiger partial charge in [0.25, 0.3) is 5.91 Å². The Morgan fingerprint density at radius 1 is 0.818 bits per heavy atom. The first kappa shape index (κ1) is 22.4. The van der Waals surface area contributed by atoms with E-state index in [0.29, 0.717) is 55.4 Å². The first-order valence-corrected chi connectivity index (χ1v) is 11.1. The number of ketones is 1. The second-order valence-corrected chi connectivity index (χ2v) is 7.99. The molecule has 1 amide bonds. The molecular formula is C27H28N2O4. The Hall–Kier alpha value is -3.80. The normalized spacial score (nSPS) is 13.5. The van der Waals surface area contributed by atoms with Gasteiger partial charge in [0.05, 0.1) is 7.11 Å². The van der Waals surface area contributed by atoms with Gasteiger partial charge in [-0.05, 0) is 48.9 Å². The number of carbonyl (C=O) groups excluding carboxylic acids is 2. The largest absolute Gasteiger partial charge is 0.496 e. The van der Waals surface area contributed by atoms with Crippen molar-refractivity contribution in [1.29, 1.82) is 0 Å². The average molecular weight is 445 g/mol. The third kappa shape index (κ3) is 5.17. The lowest BCUT2D eigenvalue weighted by atomic mass is 10.1. The summed E-state index contributed by atoms with van der Waals surface area (Å²) >= 11 is 0. The summed E-state index contributed by atoms with van der Waals surface area (Å²) in [6.45, 7) is 4.53. The van der Waals surface area contributed by atoms with Crippen molar-refractivity contribution in [1.82, 2.24) is 4.90 Å². The number of nitrogens with zero attached hydrogens (tertiary/aromatic N) is 2. The van der Waals surface area contributed by atoms with E-state index < -0.39 is 0 Å². The predicted molar refractivity (Wildman–Crippen MR) is 128 cm³/mol. The van der Waals surface area contributed by atoms with Crippen molar-refractivity contribution < 1.29 is 19.1 Å². The van der Waals surface area contributed by atoms with Gasteiger partial charge < -0.3 is 19.3 Å². The van der Waals surface area contributed by atoms with Gasteiger partial charge in [-0.1, -0.05) is 36.4 Å². The van der Waals surface area contributed by atoms with Gasteiger partial charge in [-0.2, -0.15) is 0 Å². The third-order valence-electron chi connectivity index (χ3n) is 5.86. The van der Waals surface area contributed by atoms with Gasteiger partial charge >= 0.3 is 0 Å². The number of hydrogen-bond donors (Lipinski definition) is 0. The SMILES string of the molecule is COc1cccc(OCc2ccccc2)c1C(=O)N1CCN(c2ccc(C(C)=O)cc2)CC1. The molecule has 170 valence electrons. The zero-order valence-electron chi connectivity index (χ0n) is 19.0. The predicted octanol–water partition coefficient (Wildman–Crippen LogP) is 4.44. The number of methoxy groups -OCH3 is 1. The molecule has 6 heteroatoms. The zero-order chi connectivity index (χ0) is 23.2. The van der Waals surface area contributed by atoms with E-state index in [1.807, 2.05) is 71.6 Å². The van der Waals surface area contributed by atoms with Gasteiger partial charge in [0.15, 0.2) is 5.78 Å². The fourth-order valence-corrected chi connectivity index (χ4v) is 3.98. The van der Waals surface area contributed by atoms with E-state index in [1.54, 1.807) is 20.1 Å². The molecule has 3 aromatic carbocycles. The smallest absolute Gasteiger partial charge is 0.261 e. The Balaban J connectivity index is 1.46. The van der Waals surface area contributed by atoms with E-state index in [1.165, 1.54) is 0 Å². The fraction of sp³-hybridized carbons (Fsp3) is 0.259. The molecule has 1 aliphatic heterocycles. The van der Waals surface area contributed by atoms with Crippen LogP contribution in [0.15, 0.2) is 72.8 Å². The van der Waals surface area contributed by atoms with Gasteiger partial charge in [-0.15, -0.1) is 0 Å². The maximum absolute atomic E-state index is 13.5. The van der Waals surface area contributed by atoms with Crippen molar-refractivity contribution in [2.24, 2.45) is 0 Å². The lowest BCUT2D eigenvalue weighted by Crippen LogP contribution is -2.49. The number of benzene rings is 3. The van der Waals surface area contributed by atoms with Crippen LogP contribution in [0.1, 0.15) is 33.2 Å². The Morgan fingerprint density at radius 2 is 1.48 bits per heavy atom. The molecule has 1 heterocycles. The lowest BCUT2D eigenvalue weighted by Gasteiger charge is -2.36. The van der Waals surface area contributed by atoms with E-state index in [0.717, 1.165) is 11.3 Å². The second-order valence-electron chi connectivity index (χ2n) is 7.99. The third-order valence-corrected chi connectivity index (χ3v) is 5.86. The molecule has 0 aromatic heterocycles. The van der Waals surface area contributed by atoms with Crippen LogP contribution in [0.25, 0.3) is 0 Å². The maximum atomic E-state index is 13.5. The molecule has 0 aliphatic carbocycles. The van der Waals surface area contributed by atoms with Crippen LogP contribution in [0.4, 0.5) is 5.69 Å². The molecule has 1 fully saturated rings. The summed E-state index contributed by atoms with van der Waals surface area (Å²) in [4.78, 5) is 29.1. The summed E-state index contributed by atoms with van der Waals surface area (Å²) in [5.41, 5.74) is 3.24. The summed E-state index contributed by atoms with van der Waals surface area (Å²) in [5.74, 6) is 0.986. The molecule has 1 aliphatic rings. The molecule has 0 unspecified atom stereocenters. The van der Waals surface area contributed by atoms with Crippen LogP contribution < -0.4 is 14.4 Å². The van der Waals surface area contributed by atoms with Gasteiger partial charge in [0.1, 0.15) is 23.7 Å². The molecule has 0 N–H and O–H groups in total. The number of ether oxygens (including phenoxy) is 2. The van der Waals surface area contributed by atoms with Gasteiger partial charge in [-0.3, -0.25) is 9.59 Å². The van der Waals surface area contributed by atoms with Crippen LogP contribution in [0, 0.1) is 0 Å². The topological polar surface area (TPSA) is 59.1 Å². The number of anilines is 1. The second kappa shape index (κ2) is 10.2. The van der Waals surface area contributed by atoms with Crippen LogP contribution >= 0.6 is 0 Å². The minimum Gasteiger partial charge on any atom is -0.496 e. The maximum Gasteiger partial charge on any atom is 0.261 e. The Kier molecular flexibility index (Phi) is 6.93. The highest BCUT2D eigenvalue weighted by Crippen LogP contribution is 2.31. The number of carbonyl (C=O) groups is 2. The van der Waals surface area contributed by atoms with Crippen LogP contribution in [-0.4, -0.2) is 49.9 Å². The Bertz CT molecular complexity index is 1100. The van der Waals surface area contributed by atoms with Crippen LogP contribution in [0.5, 0.6) is 11.5 Å². The standard InChI is InChI=1S/C27H28N2O4/c1-20(30)22-11-13-23(14-12-22)28-15-17-29(18-16-28)27(31)26-24(32-2)9-6-10-25(26)33-19-21-7-4-3-5-8-21/h3-14H,15-19H2,1-2H3. The average Bonchev–Trinajstić information content (AvgIpc) is 2.87. The fourth-order valence-electron chi connectivity index (χ4n) is 3.98. The van der Waals surface area contributed by atoms with Gasteiger partial charge in [0.2, 0.25) is 0 Å². The van der Waals surface area contributed by atoms with Crippen molar-refractivity contribution in [2.45, 2.75) is 13.5 Å². The molecule has 33 heavy (non-hydrogen) atoms. The van der Waals surface area contributed by atoms with E-state index >= 15 is 0 Å². The number of hydrogen-bond acceptors (Lipinski definition) is 5. The summed E-state index contributed by atoms with van der Waals surface area (Å²) in [6.07, 6.45) is 0. The van der Waals surface area contributed by atoms with Crippen molar-refractivity contribution in [3.8, 4) is 11.5 Å². The molecule has 0 radical (unpaired) electrons. The van der Waals surface area contributed by atoms with E-state index in [2.05, 4.69) is 4.90 Å². The highest BCUT2D eigenvalue weighted by molar-refractivity contribution is 6.00. The molecule has 0 spiro atoms. The monoisotopic (exact) mass is 444 g/mol. The van der Waals surface area contributed by atoms with Crippen molar-refractivity contribution in [3.05, 3.63) is 89.5 Å². The Labute approximate surface area is 194 Å². The summed E-state index contributed by atoms with van der Waals surface area (Å²) in [7, 11) is 1.57. The van der Waals surface area contributed by atoms with E-state index in [9.17, 15) is 9.59 Å². The number of piperazine rings is 1. The molecule has 0 bridgehead atoms. The quantitative estimate of drug-likeness (QED) is 0.505. The molecule has 6 nitrogen and oxygen atoms in total. The van der Waals surface area contributed by atoms with E-state index in [-0.39, 0.29) is 11.7 Å². The molecule has 0 atom stereocenters. The minimum absolute atomic E-state index is 0.0547. The number of amides is 1. The van der Waals surface area contributed by atoms with Crippen molar-refractivity contribution in [2.75, 3.05) is 38.2 Å². The van der Waals surface area contributed by atoms with E-state index in [4.69, 9.17) is 9.47 Å².